The molecule has 1 aromatic carbocycles. The molecule has 0 aliphatic heterocycles. The molecule has 0 aromatic heterocycles. The monoisotopic (exact) mass is 288 g/mol. The number of methoxy groups -OCH3 is 1. The lowest BCUT2D eigenvalue weighted by atomic mass is 9.75. The van der Waals surface area contributed by atoms with E-state index in [1.807, 2.05) is 0 Å². The normalized spacial score (nSPS) is 23.5. The molecule has 0 spiro atoms. The highest BCUT2D eigenvalue weighted by atomic mass is 16.5. The van der Waals surface area contributed by atoms with Crippen LogP contribution in [0, 0.1) is 0 Å². The Morgan fingerprint density at radius 2 is 2.10 bits per heavy atom. The van der Waals surface area contributed by atoms with Crippen LogP contribution < -0.4 is 10.1 Å². The lowest BCUT2D eigenvalue weighted by molar-refractivity contribution is 0.0564. The molecule has 116 valence electrons. The van der Waals surface area contributed by atoms with E-state index in [1.165, 1.54) is 49.7 Å². The third-order valence-electron chi connectivity index (χ3n) is 5.58. The van der Waals surface area contributed by atoms with E-state index < -0.39 is 0 Å². The van der Waals surface area contributed by atoms with Gasteiger partial charge in [-0.3, -0.25) is 0 Å². The van der Waals surface area contributed by atoms with Crippen molar-refractivity contribution in [2.24, 2.45) is 0 Å². The predicted molar refractivity (Wildman–Crippen MR) is 86.9 cm³/mol. The minimum atomic E-state index is 0.385. The van der Waals surface area contributed by atoms with Crippen LogP contribution in [0.5, 0.6) is 5.75 Å². The second-order valence-corrected chi connectivity index (χ2v) is 6.86. The Morgan fingerprint density at radius 3 is 2.71 bits per heavy atom. The first kappa shape index (κ1) is 14.9. The van der Waals surface area contributed by atoms with E-state index in [0.29, 0.717) is 11.6 Å². The third kappa shape index (κ3) is 2.82. The zero-order valence-corrected chi connectivity index (χ0v) is 13.6. The molecule has 2 aliphatic rings. The molecule has 1 N–H and O–H groups in total. The summed E-state index contributed by atoms with van der Waals surface area (Å²) in [5, 5.41) is 3.86. The zero-order valence-electron chi connectivity index (χ0n) is 13.6. The van der Waals surface area contributed by atoms with E-state index in [-0.39, 0.29) is 0 Å². The van der Waals surface area contributed by atoms with Crippen molar-refractivity contribution in [1.29, 1.82) is 0 Å². The van der Waals surface area contributed by atoms with Crippen LogP contribution in [0.2, 0.25) is 0 Å². The van der Waals surface area contributed by atoms with E-state index >= 15 is 0 Å². The first-order chi connectivity index (χ1) is 10.1. The fraction of sp³-hybridized carbons (Fsp3) is 0.667. The molecule has 0 radical (unpaired) electrons. The highest BCUT2D eigenvalue weighted by molar-refractivity contribution is 5.39. The Hall–Kier alpha value is -1.06. The molecule has 1 fully saturated rings. The van der Waals surface area contributed by atoms with Crippen LogP contribution in [-0.4, -0.2) is 38.2 Å². The van der Waals surface area contributed by atoms with E-state index in [1.54, 1.807) is 7.11 Å². The van der Waals surface area contributed by atoms with Gasteiger partial charge in [-0.05, 0) is 75.9 Å². The van der Waals surface area contributed by atoms with Gasteiger partial charge in [0.25, 0.3) is 0 Å². The molecule has 3 heteroatoms. The van der Waals surface area contributed by atoms with Crippen molar-refractivity contribution in [3.05, 3.63) is 29.3 Å². The number of rotatable bonds is 5. The first-order valence-corrected chi connectivity index (χ1v) is 8.22. The maximum atomic E-state index is 5.41. The van der Waals surface area contributed by atoms with Gasteiger partial charge in [-0.15, -0.1) is 0 Å². The average molecular weight is 288 g/mol. The van der Waals surface area contributed by atoms with E-state index in [4.69, 9.17) is 4.74 Å². The van der Waals surface area contributed by atoms with Crippen LogP contribution >= 0.6 is 0 Å². The lowest BCUT2D eigenvalue weighted by Crippen LogP contribution is -2.56. The van der Waals surface area contributed by atoms with E-state index in [0.717, 1.165) is 12.3 Å². The molecule has 0 bridgehead atoms. The third-order valence-corrected chi connectivity index (χ3v) is 5.58. The molecule has 1 aromatic rings. The lowest BCUT2D eigenvalue weighted by Gasteiger charge is -2.48. The molecular weight excluding hydrogens is 260 g/mol. The van der Waals surface area contributed by atoms with E-state index in [2.05, 4.69) is 42.5 Å². The molecule has 21 heavy (non-hydrogen) atoms. The van der Waals surface area contributed by atoms with Crippen molar-refractivity contribution in [2.45, 2.75) is 50.1 Å². The van der Waals surface area contributed by atoms with Gasteiger partial charge < -0.3 is 15.0 Å². The Morgan fingerprint density at radius 1 is 1.29 bits per heavy atom. The summed E-state index contributed by atoms with van der Waals surface area (Å²) in [4.78, 5) is 2.42. The number of hydrogen-bond acceptors (Lipinski definition) is 3. The number of likely N-dealkylation sites (N-methyl/N-ethyl adjacent to an activating group) is 1. The summed E-state index contributed by atoms with van der Waals surface area (Å²) < 4.78 is 5.41. The smallest absolute Gasteiger partial charge is 0.119 e. The highest BCUT2D eigenvalue weighted by Crippen LogP contribution is 2.37. The zero-order chi connectivity index (χ0) is 14.9. The molecule has 1 atom stereocenters. The predicted octanol–water partition coefficient (Wildman–Crippen LogP) is 3.15. The number of ether oxygens (including phenoxy) is 1. The molecule has 2 aliphatic carbocycles. The van der Waals surface area contributed by atoms with Gasteiger partial charge in [0.05, 0.1) is 7.11 Å². The van der Waals surface area contributed by atoms with Gasteiger partial charge in [0, 0.05) is 18.1 Å². The van der Waals surface area contributed by atoms with Crippen molar-refractivity contribution in [3.63, 3.8) is 0 Å². The van der Waals surface area contributed by atoms with Crippen molar-refractivity contribution in [2.75, 3.05) is 27.7 Å². The number of fused-ring (bicyclic) bond motifs is 1. The average Bonchev–Trinajstić information content (AvgIpc) is 2.45. The quantitative estimate of drug-likeness (QED) is 0.901. The standard InChI is InChI=1S/C18H28N2O/c1-20(2)18(10-5-11-18)13-19-17-7-4-6-14-8-9-15(21-3)12-16(14)17/h8-9,12,17,19H,4-7,10-11,13H2,1-3H3. The van der Waals surface area contributed by atoms with Crippen LogP contribution in [0.4, 0.5) is 0 Å². The van der Waals surface area contributed by atoms with Crippen molar-refractivity contribution in [3.8, 4) is 5.75 Å². The SMILES string of the molecule is COc1ccc2c(c1)C(NCC1(N(C)C)CCC1)CCC2. The Balaban J connectivity index is 1.73. The maximum absolute atomic E-state index is 5.41. The number of aryl methyl sites for hydroxylation is 1. The number of benzene rings is 1. The first-order valence-electron chi connectivity index (χ1n) is 8.22. The topological polar surface area (TPSA) is 24.5 Å². The van der Waals surface area contributed by atoms with Gasteiger partial charge in [0.2, 0.25) is 0 Å². The molecule has 1 saturated carbocycles. The Labute approximate surface area is 128 Å². The summed E-state index contributed by atoms with van der Waals surface area (Å²) >= 11 is 0. The van der Waals surface area contributed by atoms with Crippen LogP contribution in [0.25, 0.3) is 0 Å². The van der Waals surface area contributed by atoms with Crippen LogP contribution in [0.15, 0.2) is 18.2 Å². The summed E-state index contributed by atoms with van der Waals surface area (Å²) in [7, 11) is 6.19. The summed E-state index contributed by atoms with van der Waals surface area (Å²) in [6.45, 7) is 1.10. The summed E-state index contributed by atoms with van der Waals surface area (Å²) in [6, 6.07) is 7.05. The van der Waals surface area contributed by atoms with Gasteiger partial charge in [-0.1, -0.05) is 6.07 Å². The molecule has 1 unspecified atom stereocenters. The van der Waals surface area contributed by atoms with Crippen LogP contribution in [0.1, 0.15) is 49.3 Å². The molecule has 0 saturated heterocycles. The molecule has 3 rings (SSSR count). The van der Waals surface area contributed by atoms with Gasteiger partial charge in [0.1, 0.15) is 5.75 Å². The molecule has 3 nitrogen and oxygen atoms in total. The van der Waals surface area contributed by atoms with Gasteiger partial charge in [0.15, 0.2) is 0 Å². The largest absolute Gasteiger partial charge is 0.497 e. The Bertz CT molecular complexity index is 494. The summed E-state index contributed by atoms with van der Waals surface area (Å²) in [5.74, 6) is 0.980. The fourth-order valence-corrected chi connectivity index (χ4v) is 3.80. The number of hydrogen-bond donors (Lipinski definition) is 1. The molecule has 0 heterocycles. The minimum Gasteiger partial charge on any atom is -0.497 e. The molecule has 0 amide bonds. The van der Waals surface area contributed by atoms with Gasteiger partial charge >= 0.3 is 0 Å². The second kappa shape index (κ2) is 5.98. The summed E-state index contributed by atoms with van der Waals surface area (Å²) in [5.41, 5.74) is 3.33. The second-order valence-electron chi connectivity index (χ2n) is 6.86. The van der Waals surface area contributed by atoms with Gasteiger partial charge in [-0.2, -0.15) is 0 Å². The number of nitrogens with zero attached hydrogens (tertiary/aromatic N) is 1. The van der Waals surface area contributed by atoms with Crippen molar-refractivity contribution < 1.29 is 4.74 Å². The van der Waals surface area contributed by atoms with Crippen molar-refractivity contribution >= 4 is 0 Å². The maximum Gasteiger partial charge on any atom is 0.119 e. The number of nitrogens with one attached hydrogen (secondary N) is 1. The van der Waals surface area contributed by atoms with Crippen LogP contribution in [0.3, 0.4) is 0 Å². The van der Waals surface area contributed by atoms with Gasteiger partial charge in [-0.25, -0.2) is 0 Å². The van der Waals surface area contributed by atoms with E-state index in [9.17, 15) is 0 Å². The van der Waals surface area contributed by atoms with Crippen molar-refractivity contribution in [1.82, 2.24) is 10.2 Å². The molecular formula is C18H28N2O. The fourth-order valence-electron chi connectivity index (χ4n) is 3.80. The minimum absolute atomic E-state index is 0.385. The highest BCUT2D eigenvalue weighted by Gasteiger charge is 2.39. The summed E-state index contributed by atoms with van der Waals surface area (Å²) in [6.07, 6.45) is 7.75. The van der Waals surface area contributed by atoms with Crippen LogP contribution in [-0.2, 0) is 6.42 Å². The Kier molecular flexibility index (Phi) is 4.23.